The van der Waals surface area contributed by atoms with Gasteiger partial charge in [0.2, 0.25) is 0 Å². The molecule has 0 radical (unpaired) electrons. The van der Waals surface area contributed by atoms with Crippen molar-refractivity contribution in [2.75, 3.05) is 13.1 Å². The van der Waals surface area contributed by atoms with Gasteiger partial charge in [0.25, 0.3) is 0 Å². The van der Waals surface area contributed by atoms with Crippen LogP contribution in [-0.2, 0) is 12.1 Å². The van der Waals surface area contributed by atoms with Gasteiger partial charge in [-0.1, -0.05) is 74.5 Å². The predicted molar refractivity (Wildman–Crippen MR) is 90.5 cm³/mol. The molecule has 0 saturated carbocycles. The summed E-state index contributed by atoms with van der Waals surface area (Å²) >= 11 is 0. The minimum absolute atomic E-state index is 0.179. The van der Waals surface area contributed by atoms with Crippen molar-refractivity contribution < 1.29 is 5.11 Å². The Morgan fingerprint density at radius 1 is 0.955 bits per heavy atom. The maximum Gasteiger partial charge on any atom is 0.0971 e. The number of rotatable bonds is 3. The van der Waals surface area contributed by atoms with Gasteiger partial charge in [0.15, 0.2) is 0 Å². The Morgan fingerprint density at radius 3 is 2.14 bits per heavy atom. The van der Waals surface area contributed by atoms with Crippen molar-refractivity contribution in [1.82, 2.24) is 4.90 Å². The highest BCUT2D eigenvalue weighted by Crippen LogP contribution is 2.46. The molecule has 1 atom stereocenters. The van der Waals surface area contributed by atoms with E-state index >= 15 is 0 Å². The van der Waals surface area contributed by atoms with Gasteiger partial charge in [-0.2, -0.15) is 0 Å². The first-order chi connectivity index (χ1) is 10.5. The Bertz CT molecular complexity index is 608. The fourth-order valence-electron chi connectivity index (χ4n) is 3.65. The van der Waals surface area contributed by atoms with Crippen LogP contribution in [0.3, 0.4) is 0 Å². The molecule has 22 heavy (non-hydrogen) atoms. The highest BCUT2D eigenvalue weighted by Gasteiger charge is 2.48. The molecule has 1 heterocycles. The summed E-state index contributed by atoms with van der Waals surface area (Å²) in [6.07, 6.45) is 0.775. The lowest BCUT2D eigenvalue weighted by atomic mass is 9.66. The molecule has 2 heteroatoms. The molecule has 116 valence electrons. The van der Waals surface area contributed by atoms with E-state index in [9.17, 15) is 5.11 Å². The van der Waals surface area contributed by atoms with E-state index < -0.39 is 5.60 Å². The van der Waals surface area contributed by atoms with E-state index in [4.69, 9.17) is 0 Å². The van der Waals surface area contributed by atoms with Crippen LogP contribution in [0.15, 0.2) is 60.7 Å². The van der Waals surface area contributed by atoms with E-state index in [0.717, 1.165) is 31.6 Å². The second-order valence-corrected chi connectivity index (χ2v) is 7.06. The van der Waals surface area contributed by atoms with Gasteiger partial charge >= 0.3 is 0 Å². The van der Waals surface area contributed by atoms with Gasteiger partial charge in [-0.15, -0.1) is 0 Å². The summed E-state index contributed by atoms with van der Waals surface area (Å²) in [6.45, 7) is 7.13. The van der Waals surface area contributed by atoms with E-state index in [1.54, 1.807) is 0 Å². The number of benzene rings is 2. The standard InChI is InChI=1S/C20H25NO/c1-19(2)16-21(15-17-9-5-3-6-10-17)14-13-20(19,22)18-11-7-4-8-12-18/h3-12,22H,13-16H2,1-2H3. The molecule has 1 saturated heterocycles. The van der Waals surface area contributed by atoms with Crippen LogP contribution in [-0.4, -0.2) is 23.1 Å². The third-order valence-electron chi connectivity index (χ3n) is 5.03. The van der Waals surface area contributed by atoms with Crippen LogP contribution >= 0.6 is 0 Å². The average Bonchev–Trinajstić information content (AvgIpc) is 2.53. The first-order valence-corrected chi connectivity index (χ1v) is 8.05. The smallest absolute Gasteiger partial charge is 0.0971 e. The lowest BCUT2D eigenvalue weighted by Crippen LogP contribution is -2.55. The molecule has 1 N–H and O–H groups in total. The summed E-state index contributed by atoms with van der Waals surface area (Å²) in [5.41, 5.74) is 1.45. The van der Waals surface area contributed by atoms with Crippen molar-refractivity contribution in [2.24, 2.45) is 5.41 Å². The largest absolute Gasteiger partial charge is 0.385 e. The lowest BCUT2D eigenvalue weighted by molar-refractivity contribution is -0.127. The molecule has 3 rings (SSSR count). The Balaban J connectivity index is 1.77. The summed E-state index contributed by atoms with van der Waals surface area (Å²) in [5.74, 6) is 0. The molecule has 0 bridgehead atoms. The third kappa shape index (κ3) is 2.81. The average molecular weight is 295 g/mol. The normalized spacial score (nSPS) is 25.0. The highest BCUT2D eigenvalue weighted by molar-refractivity contribution is 5.26. The molecular formula is C20H25NO. The molecular weight excluding hydrogens is 270 g/mol. The minimum Gasteiger partial charge on any atom is -0.385 e. The van der Waals surface area contributed by atoms with Gasteiger partial charge in [0.05, 0.1) is 5.60 Å². The van der Waals surface area contributed by atoms with Crippen LogP contribution in [0.1, 0.15) is 31.4 Å². The van der Waals surface area contributed by atoms with Gasteiger partial charge in [-0.25, -0.2) is 0 Å². The molecule has 2 nitrogen and oxygen atoms in total. The number of aliphatic hydroxyl groups is 1. The van der Waals surface area contributed by atoms with E-state index in [2.05, 4.69) is 61.2 Å². The van der Waals surface area contributed by atoms with Gasteiger partial charge in [0, 0.05) is 25.0 Å². The Hall–Kier alpha value is -1.64. The third-order valence-corrected chi connectivity index (χ3v) is 5.03. The zero-order valence-corrected chi connectivity index (χ0v) is 13.5. The first-order valence-electron chi connectivity index (χ1n) is 8.05. The van der Waals surface area contributed by atoms with Gasteiger partial charge in [0.1, 0.15) is 0 Å². The summed E-state index contributed by atoms with van der Waals surface area (Å²) in [7, 11) is 0. The summed E-state index contributed by atoms with van der Waals surface area (Å²) in [4.78, 5) is 2.45. The van der Waals surface area contributed by atoms with Crippen molar-refractivity contribution in [3.8, 4) is 0 Å². The second kappa shape index (κ2) is 5.86. The van der Waals surface area contributed by atoms with Crippen LogP contribution in [0, 0.1) is 5.41 Å². The van der Waals surface area contributed by atoms with Crippen LogP contribution in [0.4, 0.5) is 0 Å². The minimum atomic E-state index is -0.749. The topological polar surface area (TPSA) is 23.5 Å². The molecule has 0 spiro atoms. The Morgan fingerprint density at radius 2 is 1.55 bits per heavy atom. The summed E-state index contributed by atoms with van der Waals surface area (Å²) in [6, 6.07) is 20.7. The molecule has 2 aromatic carbocycles. The molecule has 2 aromatic rings. The number of hydrogen-bond acceptors (Lipinski definition) is 2. The van der Waals surface area contributed by atoms with E-state index in [0.29, 0.717) is 0 Å². The molecule has 1 unspecified atom stereocenters. The van der Waals surface area contributed by atoms with Crippen molar-refractivity contribution in [1.29, 1.82) is 0 Å². The van der Waals surface area contributed by atoms with Gasteiger partial charge < -0.3 is 5.11 Å². The molecule has 1 fully saturated rings. The predicted octanol–water partition coefficient (Wildman–Crippen LogP) is 3.81. The van der Waals surface area contributed by atoms with E-state index in [1.807, 2.05) is 18.2 Å². The molecule has 0 amide bonds. The van der Waals surface area contributed by atoms with E-state index in [1.165, 1.54) is 5.56 Å². The van der Waals surface area contributed by atoms with E-state index in [-0.39, 0.29) is 5.41 Å². The Kier molecular flexibility index (Phi) is 4.07. The number of likely N-dealkylation sites (tertiary alicyclic amines) is 1. The number of hydrogen-bond donors (Lipinski definition) is 1. The second-order valence-electron chi connectivity index (χ2n) is 7.06. The molecule has 0 aromatic heterocycles. The first kappa shape index (κ1) is 15.3. The van der Waals surface area contributed by atoms with Crippen molar-refractivity contribution in [2.45, 2.75) is 32.4 Å². The molecule has 1 aliphatic heterocycles. The number of nitrogens with zero attached hydrogens (tertiary/aromatic N) is 1. The maximum absolute atomic E-state index is 11.3. The van der Waals surface area contributed by atoms with Gasteiger partial charge in [-0.05, 0) is 17.5 Å². The molecule has 0 aliphatic carbocycles. The SMILES string of the molecule is CC1(C)CN(Cc2ccccc2)CCC1(O)c1ccccc1. The Labute approximate surface area is 133 Å². The van der Waals surface area contributed by atoms with Crippen molar-refractivity contribution in [3.05, 3.63) is 71.8 Å². The van der Waals surface area contributed by atoms with Crippen LogP contribution in [0.2, 0.25) is 0 Å². The quantitative estimate of drug-likeness (QED) is 0.931. The molecule has 1 aliphatic rings. The van der Waals surface area contributed by atoms with Crippen molar-refractivity contribution in [3.63, 3.8) is 0 Å². The fraction of sp³-hybridized carbons (Fsp3) is 0.400. The zero-order chi connectivity index (χ0) is 15.6. The fourth-order valence-corrected chi connectivity index (χ4v) is 3.65. The lowest BCUT2D eigenvalue weighted by Gasteiger charge is -2.50. The summed E-state index contributed by atoms with van der Waals surface area (Å²) < 4.78 is 0. The van der Waals surface area contributed by atoms with Gasteiger partial charge in [-0.3, -0.25) is 4.90 Å². The maximum atomic E-state index is 11.3. The zero-order valence-electron chi connectivity index (χ0n) is 13.5. The van der Waals surface area contributed by atoms with Crippen molar-refractivity contribution >= 4 is 0 Å². The van der Waals surface area contributed by atoms with Crippen LogP contribution < -0.4 is 0 Å². The monoisotopic (exact) mass is 295 g/mol. The summed E-state index contributed by atoms with van der Waals surface area (Å²) in [5, 5.41) is 11.3. The van der Waals surface area contributed by atoms with Crippen LogP contribution in [0.5, 0.6) is 0 Å². The van der Waals surface area contributed by atoms with Crippen LogP contribution in [0.25, 0.3) is 0 Å². The highest BCUT2D eigenvalue weighted by atomic mass is 16.3. The number of piperidine rings is 1.